The van der Waals surface area contributed by atoms with Crippen LogP contribution in [0, 0.1) is 6.92 Å². The van der Waals surface area contributed by atoms with Crippen molar-refractivity contribution >= 4 is 11.3 Å². The summed E-state index contributed by atoms with van der Waals surface area (Å²) in [4.78, 5) is 4.51. The highest BCUT2D eigenvalue weighted by molar-refractivity contribution is 7.09. The van der Waals surface area contributed by atoms with E-state index in [1.807, 2.05) is 6.92 Å². The van der Waals surface area contributed by atoms with E-state index < -0.39 is 0 Å². The normalized spacial score (nSPS) is 12.0. The van der Waals surface area contributed by atoms with Crippen molar-refractivity contribution in [1.29, 1.82) is 0 Å². The Balaban J connectivity index is 2.03. The van der Waals surface area contributed by atoms with E-state index in [9.17, 15) is 0 Å². The molecule has 0 bridgehead atoms. The zero-order valence-corrected chi connectivity index (χ0v) is 12.3. The van der Waals surface area contributed by atoms with Crippen molar-refractivity contribution in [3.8, 4) is 0 Å². The van der Waals surface area contributed by atoms with Crippen LogP contribution in [0.25, 0.3) is 0 Å². The topological polar surface area (TPSA) is 29.9 Å². The van der Waals surface area contributed by atoms with E-state index in [1.54, 1.807) is 11.3 Å². The van der Waals surface area contributed by atoms with Gasteiger partial charge in [0.2, 0.25) is 0 Å². The van der Waals surface area contributed by atoms with Crippen LogP contribution in [-0.2, 0) is 13.1 Å². The van der Waals surface area contributed by atoms with Gasteiger partial charge in [0.05, 0.1) is 6.54 Å². The quantitative estimate of drug-likeness (QED) is 0.918. The summed E-state index contributed by atoms with van der Waals surface area (Å²) in [6.45, 7) is 10.4. The van der Waals surface area contributed by atoms with E-state index in [2.05, 4.69) is 59.3 Å². The second-order valence-corrected chi connectivity index (χ2v) is 6.56. The SMILES string of the molecule is Cc1csc(Cn2cccc2CNC(C)(C)C)n1. The van der Waals surface area contributed by atoms with Crippen LogP contribution in [0.2, 0.25) is 0 Å². The minimum absolute atomic E-state index is 0.146. The third-order valence-electron chi connectivity index (χ3n) is 2.70. The first-order chi connectivity index (χ1) is 8.44. The van der Waals surface area contributed by atoms with Gasteiger partial charge >= 0.3 is 0 Å². The van der Waals surface area contributed by atoms with E-state index in [0.29, 0.717) is 0 Å². The van der Waals surface area contributed by atoms with Gasteiger partial charge < -0.3 is 9.88 Å². The number of aryl methyl sites for hydroxylation is 1. The molecule has 0 atom stereocenters. The van der Waals surface area contributed by atoms with Crippen LogP contribution in [0.1, 0.15) is 37.2 Å². The van der Waals surface area contributed by atoms with Crippen molar-refractivity contribution in [2.24, 2.45) is 0 Å². The van der Waals surface area contributed by atoms with E-state index >= 15 is 0 Å². The van der Waals surface area contributed by atoms with Crippen molar-refractivity contribution in [3.05, 3.63) is 40.1 Å². The highest BCUT2D eigenvalue weighted by Crippen LogP contribution is 2.13. The van der Waals surface area contributed by atoms with E-state index in [4.69, 9.17) is 0 Å². The fourth-order valence-corrected chi connectivity index (χ4v) is 2.51. The van der Waals surface area contributed by atoms with Crippen LogP contribution in [0.15, 0.2) is 23.7 Å². The highest BCUT2D eigenvalue weighted by atomic mass is 32.1. The number of rotatable bonds is 4. The third kappa shape index (κ3) is 3.68. The molecule has 0 aliphatic rings. The lowest BCUT2D eigenvalue weighted by atomic mass is 10.1. The number of thiazole rings is 1. The number of nitrogens with zero attached hydrogens (tertiary/aromatic N) is 2. The van der Waals surface area contributed by atoms with Gasteiger partial charge in [-0.3, -0.25) is 0 Å². The Kier molecular flexibility index (Phi) is 3.88. The molecule has 4 heteroatoms. The Hall–Kier alpha value is -1.13. The van der Waals surface area contributed by atoms with Gasteiger partial charge in [-0.05, 0) is 39.8 Å². The number of hydrogen-bond donors (Lipinski definition) is 1. The Bertz CT molecular complexity index is 505. The second kappa shape index (κ2) is 5.24. The molecule has 2 aromatic heterocycles. The molecule has 0 saturated heterocycles. The molecular formula is C14H21N3S. The number of hydrogen-bond acceptors (Lipinski definition) is 3. The van der Waals surface area contributed by atoms with Crippen molar-refractivity contribution in [2.75, 3.05) is 0 Å². The first kappa shape index (κ1) is 13.3. The molecule has 2 aromatic rings. The van der Waals surface area contributed by atoms with Gasteiger partial charge in [-0.1, -0.05) is 0 Å². The zero-order valence-electron chi connectivity index (χ0n) is 11.5. The summed E-state index contributed by atoms with van der Waals surface area (Å²) in [5, 5.41) is 6.79. The molecule has 0 fully saturated rings. The van der Waals surface area contributed by atoms with Gasteiger partial charge in [-0.15, -0.1) is 11.3 Å². The zero-order chi connectivity index (χ0) is 13.2. The lowest BCUT2D eigenvalue weighted by Gasteiger charge is -2.21. The molecule has 0 spiro atoms. The summed E-state index contributed by atoms with van der Waals surface area (Å²) in [6, 6.07) is 4.26. The maximum Gasteiger partial charge on any atom is 0.113 e. The van der Waals surface area contributed by atoms with Crippen LogP contribution in [-0.4, -0.2) is 15.1 Å². The molecule has 98 valence electrons. The van der Waals surface area contributed by atoms with Crippen molar-refractivity contribution in [3.63, 3.8) is 0 Å². The lowest BCUT2D eigenvalue weighted by molar-refractivity contribution is 0.417. The summed E-state index contributed by atoms with van der Waals surface area (Å²) in [7, 11) is 0. The third-order valence-corrected chi connectivity index (χ3v) is 3.65. The van der Waals surface area contributed by atoms with Crippen LogP contribution >= 0.6 is 11.3 Å². The number of aromatic nitrogens is 2. The predicted molar refractivity (Wildman–Crippen MR) is 77.0 cm³/mol. The monoisotopic (exact) mass is 263 g/mol. The summed E-state index contributed by atoms with van der Waals surface area (Å²) in [5.41, 5.74) is 2.56. The largest absolute Gasteiger partial charge is 0.343 e. The maximum absolute atomic E-state index is 4.51. The predicted octanol–water partition coefficient (Wildman–Crippen LogP) is 3.19. The fraction of sp³-hybridized carbons (Fsp3) is 0.500. The van der Waals surface area contributed by atoms with Gasteiger partial charge in [0.15, 0.2) is 0 Å². The molecule has 2 rings (SSSR count). The van der Waals surface area contributed by atoms with Gasteiger partial charge in [0.1, 0.15) is 5.01 Å². The molecule has 18 heavy (non-hydrogen) atoms. The second-order valence-electron chi connectivity index (χ2n) is 5.61. The van der Waals surface area contributed by atoms with Gasteiger partial charge in [0, 0.05) is 35.0 Å². The average molecular weight is 263 g/mol. The van der Waals surface area contributed by atoms with Crippen molar-refractivity contribution in [1.82, 2.24) is 14.9 Å². The van der Waals surface area contributed by atoms with Gasteiger partial charge in [-0.25, -0.2) is 4.98 Å². The van der Waals surface area contributed by atoms with Gasteiger partial charge in [0.25, 0.3) is 0 Å². The average Bonchev–Trinajstić information content (AvgIpc) is 2.85. The molecule has 0 aliphatic carbocycles. The minimum atomic E-state index is 0.146. The highest BCUT2D eigenvalue weighted by Gasteiger charge is 2.10. The molecule has 0 aliphatic heterocycles. The van der Waals surface area contributed by atoms with E-state index in [1.165, 1.54) is 10.7 Å². The smallest absolute Gasteiger partial charge is 0.113 e. The molecular weight excluding hydrogens is 242 g/mol. The molecule has 0 saturated carbocycles. The molecule has 0 unspecified atom stereocenters. The molecule has 1 N–H and O–H groups in total. The Morgan fingerprint density at radius 2 is 2.17 bits per heavy atom. The standard InChI is InChI=1S/C14H21N3S/c1-11-10-18-13(16-11)9-17-7-5-6-12(17)8-15-14(2,3)4/h5-7,10,15H,8-9H2,1-4H3. The fourth-order valence-electron chi connectivity index (χ4n) is 1.74. The van der Waals surface area contributed by atoms with Crippen LogP contribution in [0.4, 0.5) is 0 Å². The van der Waals surface area contributed by atoms with Crippen molar-refractivity contribution < 1.29 is 0 Å². The Labute approximate surface area is 113 Å². The summed E-state index contributed by atoms with van der Waals surface area (Å²) < 4.78 is 2.26. The summed E-state index contributed by atoms with van der Waals surface area (Å²) in [6.07, 6.45) is 2.12. The first-order valence-electron chi connectivity index (χ1n) is 6.24. The molecule has 3 nitrogen and oxygen atoms in total. The molecule has 0 aromatic carbocycles. The molecule has 0 radical (unpaired) electrons. The maximum atomic E-state index is 4.51. The molecule has 0 amide bonds. The van der Waals surface area contributed by atoms with Crippen molar-refractivity contribution in [2.45, 2.75) is 46.3 Å². The Morgan fingerprint density at radius 1 is 1.39 bits per heavy atom. The first-order valence-corrected chi connectivity index (χ1v) is 7.12. The summed E-state index contributed by atoms with van der Waals surface area (Å²) in [5.74, 6) is 0. The molecule has 2 heterocycles. The van der Waals surface area contributed by atoms with Crippen LogP contribution in [0.5, 0.6) is 0 Å². The van der Waals surface area contributed by atoms with Crippen LogP contribution < -0.4 is 5.32 Å². The lowest BCUT2D eigenvalue weighted by Crippen LogP contribution is -2.35. The Morgan fingerprint density at radius 3 is 2.78 bits per heavy atom. The van der Waals surface area contributed by atoms with E-state index in [0.717, 1.165) is 18.8 Å². The van der Waals surface area contributed by atoms with Gasteiger partial charge in [-0.2, -0.15) is 0 Å². The van der Waals surface area contributed by atoms with E-state index in [-0.39, 0.29) is 5.54 Å². The minimum Gasteiger partial charge on any atom is -0.343 e. The summed E-state index contributed by atoms with van der Waals surface area (Å²) >= 11 is 1.73. The number of nitrogens with one attached hydrogen (secondary N) is 1. The van der Waals surface area contributed by atoms with Crippen LogP contribution in [0.3, 0.4) is 0 Å².